The van der Waals surface area contributed by atoms with Crippen LogP contribution < -0.4 is 4.74 Å². The van der Waals surface area contributed by atoms with Gasteiger partial charge in [-0.2, -0.15) is 0 Å². The van der Waals surface area contributed by atoms with Crippen LogP contribution in [0.4, 0.5) is 0 Å². The highest BCUT2D eigenvalue weighted by Crippen LogP contribution is 2.41. The number of ether oxygens (including phenoxy) is 1. The Morgan fingerprint density at radius 3 is 2.24 bits per heavy atom. The Labute approximate surface area is 224 Å². The number of amides is 2. The van der Waals surface area contributed by atoms with E-state index in [0.29, 0.717) is 25.0 Å². The van der Waals surface area contributed by atoms with Gasteiger partial charge in [-0.25, -0.2) is 0 Å². The molecule has 2 aliphatic rings. The van der Waals surface area contributed by atoms with Gasteiger partial charge in [0.25, 0.3) is 5.91 Å². The Morgan fingerprint density at radius 1 is 0.842 bits per heavy atom. The molecule has 0 radical (unpaired) electrons. The van der Waals surface area contributed by atoms with Crippen LogP contribution in [0.3, 0.4) is 0 Å². The maximum Gasteiger partial charge on any atom is 0.255 e. The number of hydrogen-bond acceptors (Lipinski definition) is 4. The summed E-state index contributed by atoms with van der Waals surface area (Å²) in [6.07, 6.45) is 7.38. The van der Waals surface area contributed by atoms with E-state index in [9.17, 15) is 9.59 Å². The zero-order valence-electron chi connectivity index (χ0n) is 21.6. The standard InChI is InChI=1S/C32H33N3O3/c36-30(12-7-21-38-29-10-5-2-6-11-29)34-18-15-32(16-19-34)17-20-35(25-32)31(37)28-22-27(23-33-24-28)14-13-26-8-3-1-4-9-26/h1-6,8-11,22-24H,7,12,15-21,25H2. The van der Waals surface area contributed by atoms with Gasteiger partial charge >= 0.3 is 0 Å². The third kappa shape index (κ3) is 6.41. The van der Waals surface area contributed by atoms with Crippen LogP contribution in [0.25, 0.3) is 0 Å². The second kappa shape index (κ2) is 12.0. The van der Waals surface area contributed by atoms with E-state index in [2.05, 4.69) is 16.8 Å². The van der Waals surface area contributed by atoms with Crippen molar-refractivity contribution in [3.8, 4) is 17.6 Å². The Morgan fingerprint density at radius 2 is 1.50 bits per heavy atom. The summed E-state index contributed by atoms with van der Waals surface area (Å²) in [6, 6.07) is 21.3. The molecule has 0 bridgehead atoms. The molecule has 2 aliphatic heterocycles. The molecule has 0 atom stereocenters. The molecule has 0 aliphatic carbocycles. The molecule has 1 aromatic heterocycles. The molecule has 2 aromatic carbocycles. The van der Waals surface area contributed by atoms with Crippen LogP contribution in [-0.4, -0.2) is 59.4 Å². The van der Waals surface area contributed by atoms with Crippen molar-refractivity contribution in [3.63, 3.8) is 0 Å². The second-order valence-electron chi connectivity index (χ2n) is 10.2. The van der Waals surface area contributed by atoms with Gasteiger partial charge in [-0.1, -0.05) is 48.2 Å². The SMILES string of the molecule is O=C(CCCOc1ccccc1)N1CCC2(CC1)CCN(C(=O)c1cncc(C#Cc3ccccc3)c1)C2. The van der Waals surface area contributed by atoms with Crippen molar-refractivity contribution in [3.05, 3.63) is 95.8 Å². The van der Waals surface area contributed by atoms with Crippen molar-refractivity contribution in [2.45, 2.75) is 32.1 Å². The van der Waals surface area contributed by atoms with Crippen LogP contribution in [0.5, 0.6) is 5.75 Å². The number of piperidine rings is 1. The molecule has 0 N–H and O–H groups in total. The summed E-state index contributed by atoms with van der Waals surface area (Å²) in [7, 11) is 0. The number of nitrogens with zero attached hydrogens (tertiary/aromatic N) is 3. The summed E-state index contributed by atoms with van der Waals surface area (Å²) in [6.45, 7) is 3.53. The summed E-state index contributed by atoms with van der Waals surface area (Å²) in [5, 5.41) is 0. The second-order valence-corrected chi connectivity index (χ2v) is 10.2. The lowest BCUT2D eigenvalue weighted by atomic mass is 9.77. The fourth-order valence-corrected chi connectivity index (χ4v) is 5.31. The first-order chi connectivity index (χ1) is 18.6. The molecule has 2 saturated heterocycles. The van der Waals surface area contributed by atoms with Gasteiger partial charge < -0.3 is 14.5 Å². The third-order valence-electron chi connectivity index (χ3n) is 7.56. The zero-order valence-corrected chi connectivity index (χ0v) is 21.6. The first-order valence-corrected chi connectivity index (χ1v) is 13.4. The van der Waals surface area contributed by atoms with Crippen LogP contribution in [0.1, 0.15) is 53.6 Å². The molecular weight excluding hydrogens is 474 g/mol. The predicted octanol–water partition coefficient (Wildman–Crippen LogP) is 4.80. The Bertz CT molecular complexity index is 1310. The van der Waals surface area contributed by atoms with Gasteiger partial charge in [0.2, 0.25) is 5.91 Å². The average molecular weight is 508 g/mol. The zero-order chi connectivity index (χ0) is 26.2. The largest absolute Gasteiger partial charge is 0.494 e. The highest BCUT2D eigenvalue weighted by Gasteiger charge is 2.42. The quantitative estimate of drug-likeness (QED) is 0.355. The lowest BCUT2D eigenvalue weighted by molar-refractivity contribution is -0.133. The van der Waals surface area contributed by atoms with Crippen molar-refractivity contribution >= 4 is 11.8 Å². The Balaban J connectivity index is 1.09. The predicted molar refractivity (Wildman–Crippen MR) is 147 cm³/mol. The minimum Gasteiger partial charge on any atom is -0.494 e. The number of aromatic nitrogens is 1. The molecule has 3 aromatic rings. The Kier molecular flexibility index (Phi) is 8.04. The molecule has 0 unspecified atom stereocenters. The summed E-state index contributed by atoms with van der Waals surface area (Å²) in [5.41, 5.74) is 2.33. The van der Waals surface area contributed by atoms with E-state index in [1.807, 2.05) is 76.5 Å². The molecule has 0 saturated carbocycles. The van der Waals surface area contributed by atoms with Crippen LogP contribution in [0.15, 0.2) is 79.1 Å². The van der Waals surface area contributed by atoms with Gasteiger partial charge in [-0.05, 0) is 61.4 Å². The maximum absolute atomic E-state index is 13.3. The highest BCUT2D eigenvalue weighted by atomic mass is 16.5. The molecule has 5 rings (SSSR count). The summed E-state index contributed by atoms with van der Waals surface area (Å²) in [5.74, 6) is 7.28. The average Bonchev–Trinajstić information content (AvgIpc) is 3.38. The summed E-state index contributed by atoms with van der Waals surface area (Å²) in [4.78, 5) is 34.2. The topological polar surface area (TPSA) is 62.7 Å². The summed E-state index contributed by atoms with van der Waals surface area (Å²) >= 11 is 0. The normalized spacial score (nSPS) is 16.1. The Hall–Kier alpha value is -4.11. The van der Waals surface area contributed by atoms with E-state index in [4.69, 9.17) is 4.74 Å². The molecule has 2 fully saturated rings. The van der Waals surface area contributed by atoms with Gasteiger partial charge in [0.15, 0.2) is 0 Å². The van der Waals surface area contributed by atoms with Crippen LogP contribution in [0.2, 0.25) is 0 Å². The molecule has 194 valence electrons. The number of para-hydroxylation sites is 1. The molecule has 2 amide bonds. The smallest absolute Gasteiger partial charge is 0.255 e. The van der Waals surface area contributed by atoms with E-state index in [-0.39, 0.29) is 17.2 Å². The number of hydrogen-bond donors (Lipinski definition) is 0. The van der Waals surface area contributed by atoms with E-state index >= 15 is 0 Å². The lowest BCUT2D eigenvalue weighted by Gasteiger charge is -2.39. The number of pyridine rings is 1. The fourth-order valence-electron chi connectivity index (χ4n) is 5.31. The number of likely N-dealkylation sites (tertiary alicyclic amines) is 2. The van der Waals surface area contributed by atoms with Crippen molar-refractivity contribution in [1.29, 1.82) is 0 Å². The molecule has 38 heavy (non-hydrogen) atoms. The fraction of sp³-hybridized carbons (Fsp3) is 0.344. The van der Waals surface area contributed by atoms with Crippen molar-refractivity contribution < 1.29 is 14.3 Å². The number of carbonyl (C=O) groups is 2. The monoisotopic (exact) mass is 507 g/mol. The van der Waals surface area contributed by atoms with E-state index in [0.717, 1.165) is 62.3 Å². The van der Waals surface area contributed by atoms with Gasteiger partial charge in [-0.15, -0.1) is 0 Å². The number of benzene rings is 2. The third-order valence-corrected chi connectivity index (χ3v) is 7.56. The van der Waals surface area contributed by atoms with Gasteiger partial charge in [0, 0.05) is 56.1 Å². The number of carbonyl (C=O) groups excluding carboxylic acids is 2. The highest BCUT2D eigenvalue weighted by molar-refractivity contribution is 5.94. The molecule has 3 heterocycles. The van der Waals surface area contributed by atoms with Gasteiger partial charge in [0.1, 0.15) is 5.75 Å². The van der Waals surface area contributed by atoms with Crippen LogP contribution in [-0.2, 0) is 4.79 Å². The van der Waals surface area contributed by atoms with E-state index in [1.54, 1.807) is 12.4 Å². The molecule has 6 heteroatoms. The van der Waals surface area contributed by atoms with E-state index < -0.39 is 0 Å². The molecular formula is C32H33N3O3. The minimum absolute atomic E-state index is 0.00894. The van der Waals surface area contributed by atoms with Crippen molar-refractivity contribution in [2.24, 2.45) is 5.41 Å². The van der Waals surface area contributed by atoms with Gasteiger partial charge in [0.05, 0.1) is 12.2 Å². The van der Waals surface area contributed by atoms with Crippen molar-refractivity contribution in [1.82, 2.24) is 14.8 Å². The summed E-state index contributed by atoms with van der Waals surface area (Å²) < 4.78 is 5.71. The van der Waals surface area contributed by atoms with Crippen molar-refractivity contribution in [2.75, 3.05) is 32.8 Å². The van der Waals surface area contributed by atoms with E-state index in [1.165, 1.54) is 0 Å². The molecule has 1 spiro atoms. The number of rotatable bonds is 6. The first kappa shape index (κ1) is 25.5. The first-order valence-electron chi connectivity index (χ1n) is 13.4. The maximum atomic E-state index is 13.3. The van der Waals surface area contributed by atoms with Gasteiger partial charge in [-0.3, -0.25) is 14.6 Å². The minimum atomic E-state index is 0.00894. The lowest BCUT2D eigenvalue weighted by Crippen LogP contribution is -2.44. The van der Waals surface area contributed by atoms with Crippen LogP contribution >= 0.6 is 0 Å². The van der Waals surface area contributed by atoms with Crippen LogP contribution in [0, 0.1) is 17.3 Å². The molecule has 6 nitrogen and oxygen atoms in total.